The van der Waals surface area contributed by atoms with Gasteiger partial charge in [0.2, 0.25) is 0 Å². The lowest BCUT2D eigenvalue weighted by molar-refractivity contribution is 0.0977. The monoisotopic (exact) mass is 394 g/mol. The first-order valence-corrected chi connectivity index (χ1v) is 9.16. The van der Waals surface area contributed by atoms with Crippen molar-refractivity contribution in [3.8, 4) is 5.75 Å². The average molecular weight is 394 g/mol. The second kappa shape index (κ2) is 9.62. The SMILES string of the molecule is O=C(NC(=S)Nc1cccc(F)c1)c1cccc(OCCc2ccccc2)c1. The molecule has 0 fully saturated rings. The molecule has 3 aromatic rings. The summed E-state index contributed by atoms with van der Waals surface area (Å²) < 4.78 is 19.0. The number of halogens is 1. The number of thiocarbonyl (C=S) groups is 1. The standard InChI is InChI=1S/C22H19FN2O2S/c23-18-9-5-10-19(15-18)24-22(28)25-21(26)17-8-4-11-20(14-17)27-13-12-16-6-2-1-3-7-16/h1-11,14-15H,12-13H2,(H2,24,25,26,28). The molecule has 3 aromatic carbocycles. The Balaban J connectivity index is 1.53. The van der Waals surface area contributed by atoms with Gasteiger partial charge in [0.05, 0.1) is 6.61 Å². The fraction of sp³-hybridized carbons (Fsp3) is 0.0909. The lowest BCUT2D eigenvalue weighted by Crippen LogP contribution is -2.34. The van der Waals surface area contributed by atoms with Crippen molar-refractivity contribution in [2.45, 2.75) is 6.42 Å². The summed E-state index contributed by atoms with van der Waals surface area (Å²) in [4.78, 5) is 12.4. The molecule has 142 valence electrons. The second-order valence-electron chi connectivity index (χ2n) is 6.03. The lowest BCUT2D eigenvalue weighted by Gasteiger charge is -2.11. The van der Waals surface area contributed by atoms with Gasteiger partial charge in [-0.1, -0.05) is 42.5 Å². The Labute approximate surface area is 168 Å². The Bertz CT molecular complexity index is 964. The minimum Gasteiger partial charge on any atom is -0.493 e. The molecule has 6 heteroatoms. The third-order valence-electron chi connectivity index (χ3n) is 3.91. The van der Waals surface area contributed by atoms with E-state index < -0.39 is 0 Å². The van der Waals surface area contributed by atoms with E-state index in [2.05, 4.69) is 10.6 Å². The number of anilines is 1. The summed E-state index contributed by atoms with van der Waals surface area (Å²) in [7, 11) is 0. The molecule has 0 unspecified atom stereocenters. The molecule has 3 rings (SSSR count). The highest BCUT2D eigenvalue weighted by molar-refractivity contribution is 7.80. The second-order valence-corrected chi connectivity index (χ2v) is 6.44. The Hall–Kier alpha value is -3.25. The van der Waals surface area contributed by atoms with Crippen LogP contribution >= 0.6 is 12.2 Å². The Morgan fingerprint density at radius 3 is 2.54 bits per heavy atom. The van der Waals surface area contributed by atoms with Crippen LogP contribution in [0.25, 0.3) is 0 Å². The van der Waals surface area contributed by atoms with Crippen LogP contribution in [-0.2, 0) is 6.42 Å². The van der Waals surface area contributed by atoms with Gasteiger partial charge in [-0.2, -0.15) is 0 Å². The van der Waals surface area contributed by atoms with Gasteiger partial charge in [-0.3, -0.25) is 10.1 Å². The van der Waals surface area contributed by atoms with Gasteiger partial charge in [0.25, 0.3) is 5.91 Å². The number of nitrogens with one attached hydrogen (secondary N) is 2. The van der Waals surface area contributed by atoms with Crippen molar-refractivity contribution in [1.82, 2.24) is 5.32 Å². The highest BCUT2D eigenvalue weighted by Gasteiger charge is 2.09. The zero-order chi connectivity index (χ0) is 19.8. The minimum absolute atomic E-state index is 0.0889. The van der Waals surface area contributed by atoms with Crippen LogP contribution in [-0.4, -0.2) is 17.6 Å². The quantitative estimate of drug-likeness (QED) is 0.601. The summed E-state index contributed by atoms with van der Waals surface area (Å²) in [6, 6.07) is 22.7. The van der Waals surface area contributed by atoms with Gasteiger partial charge in [0.1, 0.15) is 11.6 Å². The maximum atomic E-state index is 13.2. The molecule has 0 saturated heterocycles. The van der Waals surface area contributed by atoms with Gasteiger partial charge >= 0.3 is 0 Å². The van der Waals surface area contributed by atoms with E-state index in [1.165, 1.54) is 17.7 Å². The summed E-state index contributed by atoms with van der Waals surface area (Å²) >= 11 is 5.12. The van der Waals surface area contributed by atoms with Crippen molar-refractivity contribution in [1.29, 1.82) is 0 Å². The largest absolute Gasteiger partial charge is 0.493 e. The first kappa shape index (κ1) is 19.5. The van der Waals surface area contributed by atoms with Gasteiger partial charge < -0.3 is 10.1 Å². The van der Waals surface area contributed by atoms with E-state index in [4.69, 9.17) is 17.0 Å². The molecule has 0 saturated carbocycles. The molecule has 0 aromatic heterocycles. The molecule has 0 aliphatic heterocycles. The van der Waals surface area contributed by atoms with E-state index in [1.54, 1.807) is 36.4 Å². The number of hydrogen-bond donors (Lipinski definition) is 2. The molecule has 0 spiro atoms. The van der Waals surface area contributed by atoms with Crippen LogP contribution < -0.4 is 15.4 Å². The van der Waals surface area contributed by atoms with Crippen LogP contribution in [0.5, 0.6) is 5.75 Å². The molecule has 2 N–H and O–H groups in total. The van der Waals surface area contributed by atoms with Crippen LogP contribution in [0.4, 0.5) is 10.1 Å². The third kappa shape index (κ3) is 5.89. The molecule has 0 radical (unpaired) electrons. The smallest absolute Gasteiger partial charge is 0.257 e. The minimum atomic E-state index is -0.389. The first-order valence-electron chi connectivity index (χ1n) is 8.75. The van der Waals surface area contributed by atoms with Crippen molar-refractivity contribution < 1.29 is 13.9 Å². The number of carbonyl (C=O) groups is 1. The summed E-state index contributed by atoms with van der Waals surface area (Å²) in [6.07, 6.45) is 0.777. The van der Waals surface area contributed by atoms with Crippen LogP contribution in [0.1, 0.15) is 15.9 Å². The number of carbonyl (C=O) groups excluding carboxylic acids is 1. The average Bonchev–Trinajstić information content (AvgIpc) is 2.69. The lowest BCUT2D eigenvalue weighted by atomic mass is 10.2. The molecule has 4 nitrogen and oxygen atoms in total. The zero-order valence-corrected chi connectivity index (χ0v) is 15.8. The third-order valence-corrected chi connectivity index (χ3v) is 4.11. The van der Waals surface area contributed by atoms with Crippen molar-refractivity contribution in [2.75, 3.05) is 11.9 Å². The maximum Gasteiger partial charge on any atom is 0.257 e. The fourth-order valence-corrected chi connectivity index (χ4v) is 2.77. The fourth-order valence-electron chi connectivity index (χ4n) is 2.56. The number of ether oxygens (including phenoxy) is 1. The normalized spacial score (nSPS) is 10.2. The predicted molar refractivity (Wildman–Crippen MR) is 112 cm³/mol. The molecule has 1 amide bonds. The van der Waals surface area contributed by atoms with Gasteiger partial charge in [0.15, 0.2) is 5.11 Å². The van der Waals surface area contributed by atoms with E-state index in [1.807, 2.05) is 30.3 Å². The molecule has 0 aliphatic rings. The van der Waals surface area contributed by atoms with E-state index in [-0.39, 0.29) is 16.8 Å². The Kier molecular flexibility index (Phi) is 6.70. The highest BCUT2D eigenvalue weighted by atomic mass is 32.1. The number of benzene rings is 3. The van der Waals surface area contributed by atoms with Crippen molar-refractivity contribution >= 4 is 28.9 Å². The molecule has 28 heavy (non-hydrogen) atoms. The molecule has 0 atom stereocenters. The predicted octanol–water partition coefficient (Wildman–Crippen LogP) is 4.57. The summed E-state index contributed by atoms with van der Waals surface area (Å²) in [5, 5.41) is 5.44. The maximum absolute atomic E-state index is 13.2. The molecular formula is C22H19FN2O2S. The van der Waals surface area contributed by atoms with Gasteiger partial charge in [0, 0.05) is 17.7 Å². The molecule has 0 heterocycles. The van der Waals surface area contributed by atoms with Crippen molar-refractivity contribution in [3.05, 3.63) is 95.8 Å². The van der Waals surface area contributed by atoms with Gasteiger partial charge in [-0.05, 0) is 54.2 Å². The topological polar surface area (TPSA) is 50.4 Å². The van der Waals surface area contributed by atoms with Crippen LogP contribution in [0.2, 0.25) is 0 Å². The zero-order valence-electron chi connectivity index (χ0n) is 15.0. The summed E-state index contributed by atoms with van der Waals surface area (Å²) in [6.45, 7) is 0.509. The van der Waals surface area contributed by atoms with Gasteiger partial charge in [-0.15, -0.1) is 0 Å². The van der Waals surface area contributed by atoms with Crippen LogP contribution in [0.3, 0.4) is 0 Å². The van der Waals surface area contributed by atoms with Gasteiger partial charge in [-0.25, -0.2) is 4.39 Å². The van der Waals surface area contributed by atoms with E-state index in [0.717, 1.165) is 6.42 Å². The van der Waals surface area contributed by atoms with Crippen LogP contribution in [0.15, 0.2) is 78.9 Å². The Morgan fingerprint density at radius 1 is 0.964 bits per heavy atom. The van der Waals surface area contributed by atoms with Crippen molar-refractivity contribution in [2.24, 2.45) is 0 Å². The number of amides is 1. The number of hydrogen-bond acceptors (Lipinski definition) is 3. The van der Waals surface area contributed by atoms with Crippen LogP contribution in [0, 0.1) is 5.82 Å². The Morgan fingerprint density at radius 2 is 1.75 bits per heavy atom. The van der Waals surface area contributed by atoms with E-state index >= 15 is 0 Å². The molecule has 0 aliphatic carbocycles. The highest BCUT2D eigenvalue weighted by Crippen LogP contribution is 2.14. The summed E-state index contributed by atoms with van der Waals surface area (Å²) in [5.74, 6) is -0.158. The molecule has 0 bridgehead atoms. The molecular weight excluding hydrogens is 375 g/mol. The first-order chi connectivity index (χ1) is 13.6. The van der Waals surface area contributed by atoms with Crippen molar-refractivity contribution in [3.63, 3.8) is 0 Å². The number of rotatable bonds is 6. The van der Waals surface area contributed by atoms with E-state index in [9.17, 15) is 9.18 Å². The summed E-state index contributed by atoms with van der Waals surface area (Å²) in [5.41, 5.74) is 2.06. The van der Waals surface area contributed by atoms with E-state index in [0.29, 0.717) is 23.6 Å².